The molecule has 1 aliphatic heterocycles. The van der Waals surface area contributed by atoms with Gasteiger partial charge in [-0.05, 0) is 105 Å². The molecule has 0 bridgehead atoms. The summed E-state index contributed by atoms with van der Waals surface area (Å²) in [4.78, 5) is 26.9. The molecule has 7 rings (SSSR count). The van der Waals surface area contributed by atoms with Gasteiger partial charge < -0.3 is 25.0 Å². The standard InChI is InChI=1S/C36H43NO6S/c1-20(2)37-24-7-5-6-21(13-24)12-22-14-29(44-19-22)33-42-31-16-27-26-9-8-23-15-25(39)10-11-34(23,3)32(26)28(40)17-35(27,4)36(31,43-33)30(41)18-38/h5-7,10-11,13-15,19-20,26-28,31-33,37-38,40H,8-9,12,16-18H2,1-4H3/t26-,27-,28-,31+,32+,33+,34-,35-,36+/m0/s1. The van der Waals surface area contributed by atoms with E-state index in [4.69, 9.17) is 9.47 Å². The molecule has 2 heterocycles. The number of thiophene rings is 1. The summed E-state index contributed by atoms with van der Waals surface area (Å²) in [5.74, 6) is -0.201. The molecule has 5 aliphatic rings. The van der Waals surface area contributed by atoms with E-state index in [0.29, 0.717) is 18.9 Å². The van der Waals surface area contributed by atoms with Crippen molar-refractivity contribution < 1.29 is 29.3 Å². The zero-order valence-corrected chi connectivity index (χ0v) is 26.7. The first kappa shape index (κ1) is 30.1. The Morgan fingerprint density at radius 1 is 1.20 bits per heavy atom. The number of hydrogen-bond donors (Lipinski definition) is 3. The second kappa shape index (κ2) is 10.7. The molecule has 1 aromatic heterocycles. The number of ketones is 2. The van der Waals surface area contributed by atoms with Crippen LogP contribution in [-0.4, -0.2) is 52.2 Å². The third-order valence-corrected chi connectivity index (χ3v) is 12.5. The molecular formula is C36H43NO6S. The van der Waals surface area contributed by atoms with Crippen molar-refractivity contribution in [2.75, 3.05) is 11.9 Å². The summed E-state index contributed by atoms with van der Waals surface area (Å²) in [5, 5.41) is 27.7. The fourth-order valence-electron chi connectivity index (χ4n) is 9.76. The normalized spacial score (nSPS) is 39.0. The van der Waals surface area contributed by atoms with Crippen molar-refractivity contribution in [3.8, 4) is 0 Å². The number of benzene rings is 1. The maximum Gasteiger partial charge on any atom is 0.194 e. The van der Waals surface area contributed by atoms with Gasteiger partial charge in [-0.1, -0.05) is 37.6 Å². The number of aliphatic hydroxyl groups is 2. The lowest BCUT2D eigenvalue weighted by Gasteiger charge is -2.59. The summed E-state index contributed by atoms with van der Waals surface area (Å²) in [6.07, 6.45) is 6.89. The SMILES string of the molecule is CC(C)Nc1cccc(Cc2csc([C@@H]3O[C@@H]4C[C@H]5[C@@H]6CCC7=CC(=O)C=C[C@]7(C)[C@H]6[C@@H](O)C[C@]5(C)[C@]4(C(=O)CO)O3)c2)c1. The Kier molecular flexibility index (Phi) is 7.33. The van der Waals surface area contributed by atoms with Crippen molar-refractivity contribution in [3.05, 3.63) is 75.5 Å². The van der Waals surface area contributed by atoms with Crippen LogP contribution in [0.4, 0.5) is 5.69 Å². The first-order valence-corrected chi connectivity index (χ1v) is 16.9. The van der Waals surface area contributed by atoms with Gasteiger partial charge in [0.05, 0.1) is 17.1 Å². The average Bonchev–Trinajstić information content (AvgIpc) is 3.65. The Morgan fingerprint density at radius 3 is 2.80 bits per heavy atom. The molecule has 0 spiro atoms. The highest BCUT2D eigenvalue weighted by Gasteiger charge is 2.76. The number of allylic oxidation sites excluding steroid dienone is 4. The summed E-state index contributed by atoms with van der Waals surface area (Å²) in [5.41, 5.74) is 2.11. The van der Waals surface area contributed by atoms with Gasteiger partial charge in [-0.3, -0.25) is 9.59 Å². The van der Waals surface area contributed by atoms with Gasteiger partial charge in [0.25, 0.3) is 0 Å². The monoisotopic (exact) mass is 617 g/mol. The molecule has 3 saturated carbocycles. The highest BCUT2D eigenvalue weighted by molar-refractivity contribution is 7.10. The number of hydrogen-bond acceptors (Lipinski definition) is 8. The number of anilines is 1. The topological polar surface area (TPSA) is 105 Å². The van der Waals surface area contributed by atoms with Crippen LogP contribution in [-0.2, 0) is 25.5 Å². The van der Waals surface area contributed by atoms with E-state index in [1.807, 2.05) is 6.08 Å². The van der Waals surface area contributed by atoms with Gasteiger partial charge in [0.15, 0.2) is 23.5 Å². The molecule has 9 atom stereocenters. The van der Waals surface area contributed by atoms with Gasteiger partial charge in [-0.2, -0.15) is 0 Å². The van der Waals surface area contributed by atoms with Crippen molar-refractivity contribution in [3.63, 3.8) is 0 Å². The number of rotatable bonds is 7. The van der Waals surface area contributed by atoms with Crippen LogP contribution in [0.25, 0.3) is 0 Å². The molecule has 8 heteroatoms. The minimum atomic E-state index is -1.33. The second-order valence-corrected chi connectivity index (χ2v) is 15.3. The zero-order valence-electron chi connectivity index (χ0n) is 25.9. The van der Waals surface area contributed by atoms with E-state index in [1.165, 1.54) is 5.56 Å². The van der Waals surface area contributed by atoms with Crippen LogP contribution < -0.4 is 5.32 Å². The van der Waals surface area contributed by atoms with Crippen LogP contribution >= 0.6 is 11.3 Å². The molecule has 44 heavy (non-hydrogen) atoms. The van der Waals surface area contributed by atoms with Crippen molar-refractivity contribution >= 4 is 28.6 Å². The third kappa shape index (κ3) is 4.43. The summed E-state index contributed by atoms with van der Waals surface area (Å²) in [6.45, 7) is 7.83. The van der Waals surface area contributed by atoms with Gasteiger partial charge in [0.1, 0.15) is 6.61 Å². The molecule has 7 nitrogen and oxygen atoms in total. The van der Waals surface area contributed by atoms with E-state index < -0.39 is 41.5 Å². The minimum Gasteiger partial charge on any atom is -0.393 e. The van der Waals surface area contributed by atoms with E-state index >= 15 is 0 Å². The Morgan fingerprint density at radius 2 is 2.02 bits per heavy atom. The highest BCUT2D eigenvalue weighted by Crippen LogP contribution is 2.70. The van der Waals surface area contributed by atoms with Crippen molar-refractivity contribution in [2.45, 2.75) is 89.9 Å². The van der Waals surface area contributed by atoms with E-state index in [-0.39, 0.29) is 29.3 Å². The van der Waals surface area contributed by atoms with Crippen LogP contribution in [0, 0.1) is 28.6 Å². The number of carbonyl (C=O) groups excluding carboxylic acids is 2. The van der Waals surface area contributed by atoms with E-state index in [0.717, 1.165) is 41.0 Å². The van der Waals surface area contributed by atoms with Crippen LogP contribution in [0.2, 0.25) is 0 Å². The van der Waals surface area contributed by atoms with E-state index in [1.54, 1.807) is 23.5 Å². The predicted octanol–water partition coefficient (Wildman–Crippen LogP) is 5.76. The van der Waals surface area contributed by atoms with Crippen molar-refractivity contribution in [2.24, 2.45) is 28.6 Å². The van der Waals surface area contributed by atoms with E-state index in [9.17, 15) is 19.8 Å². The maximum atomic E-state index is 13.8. The van der Waals surface area contributed by atoms with Gasteiger partial charge in [0, 0.05) is 28.5 Å². The third-order valence-electron chi connectivity index (χ3n) is 11.5. The lowest BCUT2D eigenvalue weighted by Crippen LogP contribution is -2.63. The fraction of sp³-hybridized carbons (Fsp3) is 0.556. The van der Waals surface area contributed by atoms with Crippen LogP contribution in [0.5, 0.6) is 0 Å². The number of aliphatic hydroxyl groups excluding tert-OH is 2. The van der Waals surface area contributed by atoms with Crippen LogP contribution in [0.1, 0.15) is 75.7 Å². The quantitative estimate of drug-likeness (QED) is 0.363. The fourth-order valence-corrected chi connectivity index (χ4v) is 10.6. The second-order valence-electron chi connectivity index (χ2n) is 14.4. The van der Waals surface area contributed by atoms with Crippen LogP contribution in [0.3, 0.4) is 0 Å². The summed E-state index contributed by atoms with van der Waals surface area (Å²) in [7, 11) is 0. The number of fused-ring (bicyclic) bond motifs is 7. The molecular weight excluding hydrogens is 574 g/mol. The number of nitrogens with one attached hydrogen (secondary N) is 1. The molecule has 0 amide bonds. The predicted molar refractivity (Wildman–Crippen MR) is 169 cm³/mol. The molecule has 1 saturated heterocycles. The molecule has 4 fully saturated rings. The smallest absolute Gasteiger partial charge is 0.194 e. The summed E-state index contributed by atoms with van der Waals surface area (Å²) in [6, 6.07) is 10.9. The zero-order chi connectivity index (χ0) is 31.0. The first-order valence-electron chi connectivity index (χ1n) is 16.0. The minimum absolute atomic E-state index is 0.00943. The molecule has 4 aliphatic carbocycles. The Bertz CT molecular complexity index is 1540. The van der Waals surface area contributed by atoms with Gasteiger partial charge in [-0.15, -0.1) is 11.3 Å². The highest BCUT2D eigenvalue weighted by atomic mass is 32.1. The van der Waals surface area contributed by atoms with E-state index in [2.05, 4.69) is 68.7 Å². The van der Waals surface area contributed by atoms with Gasteiger partial charge >= 0.3 is 0 Å². The molecule has 2 aromatic rings. The van der Waals surface area contributed by atoms with Crippen molar-refractivity contribution in [1.29, 1.82) is 0 Å². The number of carbonyl (C=O) groups is 2. The lowest BCUT2D eigenvalue weighted by molar-refractivity contribution is -0.200. The number of Topliss-reactive ketones (excluding diaryl/α,β-unsaturated/α-hetero) is 1. The Balaban J connectivity index is 1.16. The lowest BCUT2D eigenvalue weighted by atomic mass is 9.46. The Hall–Kier alpha value is -2.62. The molecule has 0 unspecified atom stereocenters. The molecule has 234 valence electrons. The summed E-state index contributed by atoms with van der Waals surface area (Å²) < 4.78 is 13.4. The molecule has 1 aromatic carbocycles. The van der Waals surface area contributed by atoms with Crippen molar-refractivity contribution in [1.82, 2.24) is 0 Å². The summed E-state index contributed by atoms with van der Waals surface area (Å²) >= 11 is 1.57. The Labute approximate surface area is 263 Å². The van der Waals surface area contributed by atoms with Gasteiger partial charge in [0.2, 0.25) is 0 Å². The molecule has 0 radical (unpaired) electrons. The van der Waals surface area contributed by atoms with Crippen LogP contribution in [0.15, 0.2) is 59.5 Å². The number of ether oxygens (including phenoxy) is 2. The molecule has 3 N–H and O–H groups in total. The largest absolute Gasteiger partial charge is 0.393 e. The maximum absolute atomic E-state index is 13.8. The van der Waals surface area contributed by atoms with Gasteiger partial charge in [-0.25, -0.2) is 0 Å². The average molecular weight is 618 g/mol. The first-order chi connectivity index (χ1) is 21.0.